The maximum absolute atomic E-state index is 11.6. The van der Waals surface area contributed by atoms with Crippen LogP contribution in [0.4, 0.5) is 0 Å². The van der Waals surface area contributed by atoms with Gasteiger partial charge in [-0.05, 0) is 38.5 Å². The van der Waals surface area contributed by atoms with E-state index in [0.29, 0.717) is 5.82 Å². The normalized spacial score (nSPS) is 14.8. The molecule has 1 aliphatic heterocycles. The summed E-state index contributed by atoms with van der Waals surface area (Å²) in [5, 5.41) is 19.0. The molecule has 0 saturated carbocycles. The number of thiophene rings is 1. The molecule has 1 atom stereocenters. The third-order valence-electron chi connectivity index (χ3n) is 5.18. The second-order valence-corrected chi connectivity index (χ2v) is 8.43. The number of aromatic nitrogens is 3. The number of nitrogens with zero attached hydrogens (tertiary/aromatic N) is 4. The molecule has 4 rings (SSSR count). The van der Waals surface area contributed by atoms with Gasteiger partial charge in [-0.15, -0.1) is 21.5 Å². The van der Waals surface area contributed by atoms with Crippen molar-refractivity contribution in [2.45, 2.75) is 46.6 Å². The second kappa shape index (κ2) is 7.88. The number of hydrogen-bond acceptors (Lipinski definition) is 5. The van der Waals surface area contributed by atoms with Crippen LogP contribution in [0.1, 0.15) is 64.6 Å². The first-order chi connectivity index (χ1) is 14.4. The zero-order valence-electron chi connectivity index (χ0n) is 17.4. The van der Waals surface area contributed by atoms with E-state index in [1.54, 1.807) is 11.3 Å². The molecule has 1 aromatic carbocycles. The Kier molecular flexibility index (Phi) is 5.27. The van der Waals surface area contributed by atoms with Crippen LogP contribution in [0.15, 0.2) is 29.3 Å². The summed E-state index contributed by atoms with van der Waals surface area (Å²) in [5.74, 6) is 6.59. The van der Waals surface area contributed by atoms with E-state index >= 15 is 0 Å². The van der Waals surface area contributed by atoms with Crippen LogP contribution in [0.2, 0.25) is 0 Å². The van der Waals surface area contributed by atoms with Crippen LogP contribution in [0.25, 0.3) is 5.00 Å². The fraction of sp³-hybridized carbons (Fsp3) is 0.304. The van der Waals surface area contributed by atoms with E-state index in [4.69, 9.17) is 4.99 Å². The molecule has 0 amide bonds. The summed E-state index contributed by atoms with van der Waals surface area (Å²) in [5.41, 5.74) is 4.83. The lowest BCUT2D eigenvalue weighted by Gasteiger charge is -2.10. The molecule has 0 fully saturated rings. The minimum absolute atomic E-state index is 0.144. The van der Waals surface area contributed by atoms with Crippen LogP contribution >= 0.6 is 11.3 Å². The molecule has 0 radical (unpaired) electrons. The minimum atomic E-state index is -0.918. The van der Waals surface area contributed by atoms with Crippen LogP contribution in [0.5, 0.6) is 0 Å². The lowest BCUT2D eigenvalue weighted by molar-refractivity contribution is -0.137. The molecule has 0 aliphatic carbocycles. The molecule has 7 heteroatoms. The maximum atomic E-state index is 11.6. The molecule has 0 spiro atoms. The number of fused-ring (bicyclic) bond motifs is 3. The molecule has 0 unspecified atom stereocenters. The van der Waals surface area contributed by atoms with Crippen molar-refractivity contribution < 1.29 is 9.90 Å². The van der Waals surface area contributed by atoms with Gasteiger partial charge in [0.25, 0.3) is 0 Å². The van der Waals surface area contributed by atoms with Crippen molar-refractivity contribution in [3.05, 3.63) is 63.0 Å². The number of rotatable bonds is 3. The molecular weight excluding hydrogens is 396 g/mol. The Morgan fingerprint density at radius 1 is 1.20 bits per heavy atom. The fourth-order valence-corrected chi connectivity index (χ4v) is 4.81. The first kappa shape index (κ1) is 20.0. The quantitative estimate of drug-likeness (QED) is 0.640. The summed E-state index contributed by atoms with van der Waals surface area (Å²) in [6, 6.07) is 7.36. The average molecular weight is 419 g/mol. The van der Waals surface area contributed by atoms with Gasteiger partial charge in [0.05, 0.1) is 12.1 Å². The fourth-order valence-electron chi connectivity index (χ4n) is 3.59. The van der Waals surface area contributed by atoms with E-state index in [1.165, 1.54) is 4.88 Å². The molecule has 0 saturated heterocycles. The highest BCUT2D eigenvalue weighted by molar-refractivity contribution is 7.15. The number of carboxylic acid groups (broad SMARTS) is 1. The zero-order valence-corrected chi connectivity index (χ0v) is 18.2. The van der Waals surface area contributed by atoms with Gasteiger partial charge < -0.3 is 5.11 Å². The molecule has 6 nitrogen and oxygen atoms in total. The summed E-state index contributed by atoms with van der Waals surface area (Å²) < 4.78 is 1.96. The highest BCUT2D eigenvalue weighted by atomic mass is 32.1. The molecule has 1 N–H and O–H groups in total. The number of carboxylic acids is 1. The standard InChI is InChI=1S/C23H22N4O2S/c1-5-6-7-16-8-10-17(11-9-16)21-20-13(2)14(3)30-23(20)27-15(4)25-26-22(27)18(24-21)12-19(28)29/h8-11,18H,5,12H2,1-4H3,(H,28,29)/t18-/m0/s1. The summed E-state index contributed by atoms with van der Waals surface area (Å²) >= 11 is 1.66. The van der Waals surface area contributed by atoms with Crippen molar-refractivity contribution in [1.29, 1.82) is 0 Å². The maximum Gasteiger partial charge on any atom is 0.306 e. The Balaban J connectivity index is 1.94. The third-order valence-corrected chi connectivity index (χ3v) is 6.37. The summed E-state index contributed by atoms with van der Waals surface area (Å²) in [6.07, 6.45) is 0.662. The van der Waals surface area contributed by atoms with E-state index in [1.807, 2.05) is 42.7 Å². The van der Waals surface area contributed by atoms with Crippen molar-refractivity contribution in [2.75, 3.05) is 0 Å². The van der Waals surface area contributed by atoms with Crippen LogP contribution in [0.3, 0.4) is 0 Å². The molecular formula is C23H22N4O2S. The van der Waals surface area contributed by atoms with Crippen LogP contribution < -0.4 is 0 Å². The summed E-state index contributed by atoms with van der Waals surface area (Å²) in [6.45, 7) is 8.07. The topological polar surface area (TPSA) is 80.4 Å². The van der Waals surface area contributed by atoms with Gasteiger partial charge in [-0.3, -0.25) is 14.4 Å². The second-order valence-electron chi connectivity index (χ2n) is 7.23. The van der Waals surface area contributed by atoms with Crippen LogP contribution in [-0.4, -0.2) is 31.6 Å². The van der Waals surface area contributed by atoms with E-state index in [9.17, 15) is 9.90 Å². The molecule has 30 heavy (non-hydrogen) atoms. The molecule has 2 aromatic heterocycles. The van der Waals surface area contributed by atoms with Crippen molar-refractivity contribution in [1.82, 2.24) is 14.8 Å². The smallest absolute Gasteiger partial charge is 0.306 e. The Bertz CT molecular complexity index is 1220. The first-order valence-electron chi connectivity index (χ1n) is 9.82. The molecule has 3 aromatic rings. The lowest BCUT2D eigenvalue weighted by Crippen LogP contribution is -2.10. The Hall–Kier alpha value is -3.24. The van der Waals surface area contributed by atoms with Gasteiger partial charge in [0.1, 0.15) is 16.9 Å². The van der Waals surface area contributed by atoms with Gasteiger partial charge in [-0.1, -0.05) is 30.9 Å². The minimum Gasteiger partial charge on any atom is -0.481 e. The molecule has 0 bridgehead atoms. The van der Waals surface area contributed by atoms with Gasteiger partial charge in [-0.2, -0.15) is 0 Å². The van der Waals surface area contributed by atoms with E-state index in [0.717, 1.165) is 45.2 Å². The molecule has 152 valence electrons. The number of hydrogen-bond donors (Lipinski definition) is 1. The van der Waals surface area contributed by atoms with Gasteiger partial charge in [-0.25, -0.2) is 0 Å². The monoisotopic (exact) mass is 418 g/mol. The highest BCUT2D eigenvalue weighted by Gasteiger charge is 2.32. The van der Waals surface area contributed by atoms with Gasteiger partial charge in [0.2, 0.25) is 0 Å². The lowest BCUT2D eigenvalue weighted by atomic mass is 9.98. The predicted molar refractivity (Wildman–Crippen MR) is 118 cm³/mol. The number of aliphatic carboxylic acids is 1. The van der Waals surface area contributed by atoms with Crippen molar-refractivity contribution in [3.8, 4) is 16.8 Å². The van der Waals surface area contributed by atoms with Crippen LogP contribution in [-0.2, 0) is 4.79 Å². The Labute approximate surface area is 179 Å². The first-order valence-corrected chi connectivity index (χ1v) is 10.6. The average Bonchev–Trinajstić information content (AvgIpc) is 3.19. The summed E-state index contributed by atoms with van der Waals surface area (Å²) in [7, 11) is 0. The number of carbonyl (C=O) groups is 1. The number of aryl methyl sites for hydroxylation is 2. The van der Waals surface area contributed by atoms with E-state index in [2.05, 4.69) is 35.9 Å². The molecule has 3 heterocycles. The Morgan fingerprint density at radius 2 is 1.93 bits per heavy atom. The highest BCUT2D eigenvalue weighted by Crippen LogP contribution is 2.39. The van der Waals surface area contributed by atoms with Gasteiger partial charge in [0.15, 0.2) is 5.82 Å². The number of benzene rings is 1. The van der Waals surface area contributed by atoms with E-state index in [-0.39, 0.29) is 6.42 Å². The van der Waals surface area contributed by atoms with Gasteiger partial charge in [0, 0.05) is 28.0 Å². The SMILES string of the molecule is CCC#Cc1ccc(C2=N[C@@H](CC(=O)O)c3nnc(C)n3-c3sc(C)c(C)c32)cc1. The van der Waals surface area contributed by atoms with Crippen molar-refractivity contribution in [3.63, 3.8) is 0 Å². The summed E-state index contributed by atoms with van der Waals surface area (Å²) in [4.78, 5) is 17.7. The third kappa shape index (κ3) is 3.44. The Morgan fingerprint density at radius 3 is 2.60 bits per heavy atom. The predicted octanol–water partition coefficient (Wildman–Crippen LogP) is 4.38. The van der Waals surface area contributed by atoms with Gasteiger partial charge >= 0.3 is 5.97 Å². The van der Waals surface area contributed by atoms with E-state index < -0.39 is 12.0 Å². The van der Waals surface area contributed by atoms with Crippen molar-refractivity contribution in [2.24, 2.45) is 4.99 Å². The van der Waals surface area contributed by atoms with Crippen molar-refractivity contribution >= 4 is 23.0 Å². The largest absolute Gasteiger partial charge is 0.481 e. The van der Waals surface area contributed by atoms with Crippen LogP contribution in [0, 0.1) is 32.6 Å². The number of aliphatic imine (C=N–C) groups is 1. The zero-order chi connectivity index (χ0) is 21.4. The molecule has 1 aliphatic rings.